The minimum Gasteiger partial charge on any atom is -0.339 e. The van der Waals surface area contributed by atoms with E-state index in [1.165, 1.54) is 0 Å². The Hall–Kier alpha value is -2.14. The maximum Gasteiger partial charge on any atom is 0.255 e. The Balaban J connectivity index is 1.83. The summed E-state index contributed by atoms with van der Waals surface area (Å²) in [6, 6.07) is 12.6. The van der Waals surface area contributed by atoms with E-state index < -0.39 is 0 Å². The van der Waals surface area contributed by atoms with Gasteiger partial charge in [0.2, 0.25) is 0 Å². The average molecular weight is 387 g/mol. The molecule has 124 valence electrons. The first-order valence-corrected chi connectivity index (χ1v) is 8.81. The van der Waals surface area contributed by atoms with Gasteiger partial charge in [0.05, 0.1) is 11.3 Å². The highest BCUT2D eigenvalue weighted by atomic mass is 79.9. The van der Waals surface area contributed by atoms with Gasteiger partial charge in [0.1, 0.15) is 0 Å². The number of carbonyl (C=O) groups excluding carboxylic acids is 2. The molecule has 0 aliphatic carbocycles. The number of halogens is 1. The number of nitrogens with zero attached hydrogens (tertiary/aromatic N) is 1. The summed E-state index contributed by atoms with van der Waals surface area (Å²) in [6.07, 6.45) is 2.08. The van der Waals surface area contributed by atoms with E-state index in [0.717, 1.165) is 36.0 Å². The number of nitrogens with one attached hydrogen (secondary N) is 1. The zero-order valence-corrected chi connectivity index (χ0v) is 15.1. The molecule has 0 aromatic heterocycles. The van der Waals surface area contributed by atoms with Crippen molar-refractivity contribution in [2.75, 3.05) is 18.4 Å². The fourth-order valence-electron chi connectivity index (χ4n) is 2.80. The molecule has 1 aliphatic rings. The molecule has 1 heterocycles. The van der Waals surface area contributed by atoms with Gasteiger partial charge < -0.3 is 10.2 Å². The van der Waals surface area contributed by atoms with Crippen molar-refractivity contribution in [2.24, 2.45) is 0 Å². The number of aryl methyl sites for hydroxylation is 1. The van der Waals surface area contributed by atoms with Crippen molar-refractivity contribution < 1.29 is 9.59 Å². The van der Waals surface area contributed by atoms with Crippen LogP contribution >= 0.6 is 15.9 Å². The molecule has 2 amide bonds. The first-order valence-electron chi connectivity index (χ1n) is 8.02. The van der Waals surface area contributed by atoms with Crippen LogP contribution in [0.25, 0.3) is 0 Å². The number of hydrogen-bond acceptors (Lipinski definition) is 2. The number of hydrogen-bond donors (Lipinski definition) is 1. The van der Waals surface area contributed by atoms with Crippen LogP contribution in [0.3, 0.4) is 0 Å². The number of rotatable bonds is 3. The predicted octanol–water partition coefficient (Wildman–Crippen LogP) is 4.25. The second-order valence-electron chi connectivity index (χ2n) is 5.96. The molecule has 0 unspecified atom stereocenters. The van der Waals surface area contributed by atoms with E-state index in [1.54, 1.807) is 24.3 Å². The molecule has 0 radical (unpaired) electrons. The van der Waals surface area contributed by atoms with Gasteiger partial charge >= 0.3 is 0 Å². The van der Waals surface area contributed by atoms with Crippen molar-refractivity contribution >= 4 is 33.4 Å². The Morgan fingerprint density at radius 3 is 2.50 bits per heavy atom. The van der Waals surface area contributed by atoms with E-state index >= 15 is 0 Å². The molecular formula is C19H19BrN2O2. The van der Waals surface area contributed by atoms with Gasteiger partial charge in [0.25, 0.3) is 11.8 Å². The Morgan fingerprint density at radius 2 is 1.79 bits per heavy atom. The van der Waals surface area contributed by atoms with Gasteiger partial charge in [0, 0.05) is 23.1 Å². The van der Waals surface area contributed by atoms with Crippen LogP contribution in [-0.4, -0.2) is 29.8 Å². The summed E-state index contributed by atoms with van der Waals surface area (Å²) >= 11 is 3.44. The van der Waals surface area contributed by atoms with E-state index in [1.807, 2.05) is 30.0 Å². The van der Waals surface area contributed by atoms with E-state index in [4.69, 9.17) is 0 Å². The van der Waals surface area contributed by atoms with Gasteiger partial charge in [-0.15, -0.1) is 0 Å². The van der Waals surface area contributed by atoms with E-state index in [-0.39, 0.29) is 11.8 Å². The van der Waals surface area contributed by atoms with E-state index in [2.05, 4.69) is 21.2 Å². The molecule has 1 aliphatic heterocycles. The number of amides is 2. The Morgan fingerprint density at radius 1 is 1.08 bits per heavy atom. The van der Waals surface area contributed by atoms with Crippen LogP contribution in [0.15, 0.2) is 46.9 Å². The second-order valence-corrected chi connectivity index (χ2v) is 6.82. The lowest BCUT2D eigenvalue weighted by Gasteiger charge is -2.18. The van der Waals surface area contributed by atoms with Gasteiger partial charge in [-0.25, -0.2) is 0 Å². The molecule has 1 N–H and O–H groups in total. The van der Waals surface area contributed by atoms with Crippen molar-refractivity contribution in [1.29, 1.82) is 0 Å². The summed E-state index contributed by atoms with van der Waals surface area (Å²) in [5.41, 5.74) is 2.71. The monoisotopic (exact) mass is 386 g/mol. The van der Waals surface area contributed by atoms with Crippen molar-refractivity contribution in [3.8, 4) is 0 Å². The summed E-state index contributed by atoms with van der Waals surface area (Å²) in [7, 11) is 0. The minimum atomic E-state index is -0.225. The summed E-state index contributed by atoms with van der Waals surface area (Å²) in [5, 5.41) is 2.87. The van der Waals surface area contributed by atoms with Crippen LogP contribution in [0, 0.1) is 6.92 Å². The highest BCUT2D eigenvalue weighted by Crippen LogP contribution is 2.22. The smallest absolute Gasteiger partial charge is 0.255 e. The number of carbonyl (C=O) groups is 2. The summed E-state index contributed by atoms with van der Waals surface area (Å²) in [5.74, 6) is -0.245. The maximum atomic E-state index is 12.7. The molecular weight excluding hydrogens is 368 g/mol. The predicted molar refractivity (Wildman–Crippen MR) is 98.4 cm³/mol. The average Bonchev–Trinajstić information content (AvgIpc) is 3.11. The van der Waals surface area contributed by atoms with E-state index in [9.17, 15) is 9.59 Å². The van der Waals surface area contributed by atoms with Crippen LogP contribution < -0.4 is 5.32 Å². The second kappa shape index (κ2) is 7.18. The molecule has 0 spiro atoms. The standard InChI is InChI=1S/C19H19BrN2O2/c1-13-8-9-14(12-16(13)20)18(23)21-17-7-3-2-6-15(17)19(24)22-10-4-5-11-22/h2-3,6-9,12H,4-5,10-11H2,1H3,(H,21,23). The van der Waals surface area contributed by atoms with Crippen LogP contribution in [0.1, 0.15) is 39.1 Å². The Kier molecular flexibility index (Phi) is 5.00. The quantitative estimate of drug-likeness (QED) is 0.856. The molecule has 1 fully saturated rings. The van der Waals surface area contributed by atoms with Gasteiger partial charge in [-0.2, -0.15) is 0 Å². The zero-order valence-electron chi connectivity index (χ0n) is 13.5. The van der Waals surface area contributed by atoms with Crippen LogP contribution in [-0.2, 0) is 0 Å². The van der Waals surface area contributed by atoms with Crippen molar-refractivity contribution in [2.45, 2.75) is 19.8 Å². The summed E-state index contributed by atoms with van der Waals surface area (Å²) in [6.45, 7) is 3.54. The number of likely N-dealkylation sites (tertiary alicyclic amines) is 1. The van der Waals surface area contributed by atoms with Gasteiger partial charge in [-0.05, 0) is 49.6 Å². The van der Waals surface area contributed by atoms with Crippen LogP contribution in [0.2, 0.25) is 0 Å². The number of anilines is 1. The largest absolute Gasteiger partial charge is 0.339 e. The summed E-state index contributed by atoms with van der Waals surface area (Å²) < 4.78 is 0.886. The Bertz CT molecular complexity index is 783. The third-order valence-electron chi connectivity index (χ3n) is 4.23. The highest BCUT2D eigenvalue weighted by Gasteiger charge is 2.22. The fraction of sp³-hybridized carbons (Fsp3) is 0.263. The molecule has 24 heavy (non-hydrogen) atoms. The fourth-order valence-corrected chi connectivity index (χ4v) is 3.18. The Labute approximate surface area is 150 Å². The lowest BCUT2D eigenvalue weighted by Crippen LogP contribution is -2.28. The SMILES string of the molecule is Cc1ccc(C(=O)Nc2ccccc2C(=O)N2CCCC2)cc1Br. The maximum absolute atomic E-state index is 12.7. The molecule has 5 heteroatoms. The van der Waals surface area contributed by atoms with Crippen molar-refractivity contribution in [3.63, 3.8) is 0 Å². The van der Waals surface area contributed by atoms with Gasteiger partial charge in [0.15, 0.2) is 0 Å². The van der Waals surface area contributed by atoms with Gasteiger partial charge in [-0.1, -0.05) is 34.1 Å². The molecule has 0 atom stereocenters. The molecule has 0 bridgehead atoms. The normalized spacial score (nSPS) is 13.8. The number of para-hydroxylation sites is 1. The third kappa shape index (κ3) is 3.51. The molecule has 3 rings (SSSR count). The molecule has 2 aromatic carbocycles. The molecule has 1 saturated heterocycles. The molecule has 4 nitrogen and oxygen atoms in total. The van der Waals surface area contributed by atoms with E-state index in [0.29, 0.717) is 16.8 Å². The van der Waals surface area contributed by atoms with Crippen molar-refractivity contribution in [1.82, 2.24) is 4.90 Å². The zero-order chi connectivity index (χ0) is 17.1. The molecule has 2 aromatic rings. The topological polar surface area (TPSA) is 49.4 Å². The van der Waals surface area contributed by atoms with Gasteiger partial charge in [-0.3, -0.25) is 9.59 Å². The molecule has 0 saturated carbocycles. The van der Waals surface area contributed by atoms with Crippen LogP contribution in [0.4, 0.5) is 5.69 Å². The van der Waals surface area contributed by atoms with Crippen LogP contribution in [0.5, 0.6) is 0 Å². The summed E-state index contributed by atoms with van der Waals surface area (Å²) in [4.78, 5) is 27.0. The highest BCUT2D eigenvalue weighted by molar-refractivity contribution is 9.10. The lowest BCUT2D eigenvalue weighted by molar-refractivity contribution is 0.0794. The minimum absolute atomic E-state index is 0.0199. The van der Waals surface area contributed by atoms with Crippen molar-refractivity contribution in [3.05, 3.63) is 63.6 Å². The lowest BCUT2D eigenvalue weighted by atomic mass is 10.1. The first-order chi connectivity index (χ1) is 11.6. The first kappa shape index (κ1) is 16.7. The third-order valence-corrected chi connectivity index (χ3v) is 5.09. The number of benzene rings is 2.